The summed E-state index contributed by atoms with van der Waals surface area (Å²) in [5, 5.41) is 0.960. The van der Waals surface area contributed by atoms with Gasteiger partial charge in [0.2, 0.25) is 0 Å². The lowest BCUT2D eigenvalue weighted by atomic mass is 9.84. The van der Waals surface area contributed by atoms with E-state index in [0.29, 0.717) is 24.1 Å². The summed E-state index contributed by atoms with van der Waals surface area (Å²) in [6, 6.07) is 6.32. The monoisotopic (exact) mass is 419 g/mol. The van der Waals surface area contributed by atoms with Crippen molar-refractivity contribution in [3.05, 3.63) is 34.4 Å². The first-order chi connectivity index (χ1) is 12.5. The molecule has 1 aliphatic carbocycles. The maximum atomic E-state index is 12.6. The largest absolute Gasteiger partial charge is 0.462 e. The second-order valence-electron chi connectivity index (χ2n) is 6.94. The van der Waals surface area contributed by atoms with Gasteiger partial charge in [0.25, 0.3) is 0 Å². The van der Waals surface area contributed by atoms with Gasteiger partial charge in [-0.25, -0.2) is 4.79 Å². The van der Waals surface area contributed by atoms with Crippen LogP contribution < -0.4 is 10.6 Å². The van der Waals surface area contributed by atoms with E-state index < -0.39 is 0 Å². The molecule has 1 fully saturated rings. The fourth-order valence-corrected chi connectivity index (χ4v) is 4.26. The summed E-state index contributed by atoms with van der Waals surface area (Å²) in [6.07, 6.45) is 6.15. The van der Waals surface area contributed by atoms with E-state index in [1.165, 1.54) is 12.8 Å². The molecule has 3 rings (SSSR count). The van der Waals surface area contributed by atoms with Crippen molar-refractivity contribution in [2.24, 2.45) is 11.7 Å². The minimum Gasteiger partial charge on any atom is -0.462 e. The number of halogens is 1. The molecule has 0 amide bonds. The molecule has 1 heterocycles. The highest BCUT2D eigenvalue weighted by molar-refractivity contribution is 9.10. The molecule has 26 heavy (non-hydrogen) atoms. The smallest absolute Gasteiger partial charge is 0.341 e. The Hall–Kier alpha value is -1.66. The van der Waals surface area contributed by atoms with Gasteiger partial charge in [0.1, 0.15) is 5.56 Å². The fraction of sp³-hybridized carbons (Fsp3) is 0.500. The van der Waals surface area contributed by atoms with Crippen LogP contribution in [0.4, 0.5) is 5.69 Å². The first-order valence-electron chi connectivity index (χ1n) is 9.23. The van der Waals surface area contributed by atoms with Crippen LogP contribution in [-0.2, 0) is 4.74 Å². The van der Waals surface area contributed by atoms with Crippen LogP contribution in [0.15, 0.2) is 28.9 Å². The number of nitrogens with two attached hydrogens (primary N) is 1. The summed E-state index contributed by atoms with van der Waals surface area (Å²) in [7, 11) is 2.07. The minimum absolute atomic E-state index is 0.324. The molecule has 140 valence electrons. The van der Waals surface area contributed by atoms with Crippen LogP contribution in [0.5, 0.6) is 0 Å². The minimum atomic E-state index is -0.324. The van der Waals surface area contributed by atoms with Gasteiger partial charge >= 0.3 is 5.97 Å². The van der Waals surface area contributed by atoms with Crippen molar-refractivity contribution in [1.82, 2.24) is 4.98 Å². The van der Waals surface area contributed by atoms with E-state index in [1.54, 1.807) is 6.20 Å². The zero-order valence-corrected chi connectivity index (χ0v) is 17.0. The van der Waals surface area contributed by atoms with Gasteiger partial charge in [-0.2, -0.15) is 0 Å². The molecule has 1 saturated carbocycles. The van der Waals surface area contributed by atoms with Gasteiger partial charge in [-0.1, -0.05) is 22.4 Å². The Morgan fingerprint density at radius 2 is 2.23 bits per heavy atom. The number of anilines is 1. The maximum absolute atomic E-state index is 12.6. The highest BCUT2D eigenvalue weighted by Gasteiger charge is 2.28. The summed E-state index contributed by atoms with van der Waals surface area (Å²) < 4.78 is 6.25. The summed E-state index contributed by atoms with van der Waals surface area (Å²) in [5.74, 6) is 0.219. The van der Waals surface area contributed by atoms with Crippen LogP contribution in [0.3, 0.4) is 0 Å². The highest BCUT2D eigenvalue weighted by atomic mass is 79.9. The number of ether oxygens (including phenoxy) is 1. The fourth-order valence-electron chi connectivity index (χ4n) is 3.90. The topological polar surface area (TPSA) is 68.5 Å². The van der Waals surface area contributed by atoms with Gasteiger partial charge in [0.15, 0.2) is 0 Å². The molecule has 2 N–H and O–H groups in total. The average molecular weight is 420 g/mol. The van der Waals surface area contributed by atoms with Gasteiger partial charge in [-0.15, -0.1) is 0 Å². The van der Waals surface area contributed by atoms with Crippen molar-refractivity contribution in [2.75, 3.05) is 25.1 Å². The predicted octanol–water partition coefficient (Wildman–Crippen LogP) is 4.13. The van der Waals surface area contributed by atoms with Crippen molar-refractivity contribution in [3.8, 4) is 0 Å². The number of carbonyl (C=O) groups is 1. The number of nitrogens with zero attached hydrogens (tertiary/aromatic N) is 2. The Bertz CT molecular complexity index is 796. The van der Waals surface area contributed by atoms with E-state index in [2.05, 4.69) is 32.9 Å². The number of aromatic nitrogens is 1. The van der Waals surface area contributed by atoms with Crippen LogP contribution in [0.1, 0.15) is 43.0 Å². The number of hydrogen-bond acceptors (Lipinski definition) is 5. The predicted molar refractivity (Wildman–Crippen MR) is 109 cm³/mol. The van der Waals surface area contributed by atoms with Crippen LogP contribution in [-0.4, -0.2) is 37.2 Å². The van der Waals surface area contributed by atoms with Gasteiger partial charge < -0.3 is 15.4 Å². The lowest BCUT2D eigenvalue weighted by Gasteiger charge is -2.37. The Morgan fingerprint density at radius 3 is 2.96 bits per heavy atom. The number of pyridine rings is 1. The van der Waals surface area contributed by atoms with Crippen LogP contribution in [0, 0.1) is 5.92 Å². The van der Waals surface area contributed by atoms with Crippen LogP contribution in [0.25, 0.3) is 10.9 Å². The number of rotatable bonds is 5. The average Bonchev–Trinajstić information content (AvgIpc) is 2.66. The number of fused-ring (bicyclic) bond motifs is 1. The standard InChI is InChI=1S/C20H26BrN3O2/c1-3-26-20(25)17-12-23-18-8-7-14(21)10-16(18)19(17)24(2)15-6-4-5-13(9-15)11-22/h7-8,10,12-13,15H,3-6,9,11,22H2,1-2H3. The summed E-state index contributed by atoms with van der Waals surface area (Å²) in [5.41, 5.74) is 8.22. The molecule has 0 saturated heterocycles. The molecule has 1 aromatic heterocycles. The van der Waals surface area contributed by atoms with Gasteiger partial charge in [0.05, 0.1) is 17.8 Å². The zero-order chi connectivity index (χ0) is 18.7. The second-order valence-corrected chi connectivity index (χ2v) is 7.85. The van der Waals surface area contributed by atoms with E-state index in [1.807, 2.05) is 25.1 Å². The summed E-state index contributed by atoms with van der Waals surface area (Å²) >= 11 is 3.55. The quantitative estimate of drug-likeness (QED) is 0.737. The SMILES string of the molecule is CCOC(=O)c1cnc2ccc(Br)cc2c1N(C)C1CCCC(CN)C1. The number of hydrogen-bond donors (Lipinski definition) is 1. The molecule has 2 atom stereocenters. The molecule has 5 nitrogen and oxygen atoms in total. The molecule has 1 aliphatic rings. The number of benzene rings is 1. The Balaban J connectivity index is 2.09. The molecule has 2 unspecified atom stereocenters. The Morgan fingerprint density at radius 1 is 1.42 bits per heavy atom. The normalized spacial score (nSPS) is 20.2. The first-order valence-corrected chi connectivity index (χ1v) is 10.0. The van der Waals surface area contributed by atoms with Crippen molar-refractivity contribution < 1.29 is 9.53 Å². The van der Waals surface area contributed by atoms with E-state index in [4.69, 9.17) is 10.5 Å². The Kier molecular flexibility index (Phi) is 6.14. The molecule has 2 aromatic rings. The number of esters is 1. The van der Waals surface area contributed by atoms with Gasteiger partial charge in [-0.3, -0.25) is 4.98 Å². The molecule has 6 heteroatoms. The Labute approximate surface area is 163 Å². The van der Waals surface area contributed by atoms with Crippen molar-refractivity contribution >= 4 is 38.5 Å². The van der Waals surface area contributed by atoms with E-state index in [9.17, 15) is 4.79 Å². The number of carbonyl (C=O) groups excluding carboxylic acids is 1. The van der Waals surface area contributed by atoms with Crippen LogP contribution in [0.2, 0.25) is 0 Å². The van der Waals surface area contributed by atoms with E-state index >= 15 is 0 Å². The third-order valence-electron chi connectivity index (χ3n) is 5.29. The third-order valence-corrected chi connectivity index (χ3v) is 5.78. The maximum Gasteiger partial charge on any atom is 0.341 e. The van der Waals surface area contributed by atoms with E-state index in [-0.39, 0.29) is 5.97 Å². The van der Waals surface area contributed by atoms with Gasteiger partial charge in [0, 0.05) is 29.1 Å². The molecule has 0 bridgehead atoms. The molecule has 1 aromatic carbocycles. The molecule has 0 aliphatic heterocycles. The lowest BCUT2D eigenvalue weighted by molar-refractivity contribution is 0.0526. The summed E-state index contributed by atoms with van der Waals surface area (Å²) in [4.78, 5) is 19.3. The highest BCUT2D eigenvalue weighted by Crippen LogP contribution is 2.36. The van der Waals surface area contributed by atoms with Crippen molar-refractivity contribution in [2.45, 2.75) is 38.6 Å². The van der Waals surface area contributed by atoms with Crippen LogP contribution >= 0.6 is 15.9 Å². The molecule has 0 spiro atoms. The van der Waals surface area contributed by atoms with Crippen molar-refractivity contribution in [3.63, 3.8) is 0 Å². The summed E-state index contributed by atoms with van der Waals surface area (Å²) in [6.45, 7) is 2.88. The molecular formula is C20H26BrN3O2. The van der Waals surface area contributed by atoms with Gasteiger partial charge in [-0.05, 0) is 56.8 Å². The molecule has 0 radical (unpaired) electrons. The zero-order valence-electron chi connectivity index (χ0n) is 15.4. The lowest BCUT2D eigenvalue weighted by Crippen LogP contribution is -2.38. The third kappa shape index (κ3) is 3.86. The van der Waals surface area contributed by atoms with Crippen molar-refractivity contribution in [1.29, 1.82) is 0 Å². The first kappa shape index (κ1) is 19.1. The molecular weight excluding hydrogens is 394 g/mol. The second kappa shape index (κ2) is 8.35. The van der Waals surface area contributed by atoms with E-state index in [0.717, 1.165) is 40.4 Å².